The zero-order valence-corrected chi connectivity index (χ0v) is 16.0. The number of rotatable bonds is 2. The minimum atomic E-state index is -1.44. The second-order valence-electron chi connectivity index (χ2n) is 7.64. The second-order valence-corrected chi connectivity index (χ2v) is 7.64. The van der Waals surface area contributed by atoms with Crippen LogP contribution >= 0.6 is 0 Å². The molecule has 1 aromatic carbocycles. The van der Waals surface area contributed by atoms with Gasteiger partial charge >= 0.3 is 0 Å². The molecule has 2 saturated heterocycles. The minimum Gasteiger partial charge on any atom is -0.378 e. The lowest BCUT2D eigenvalue weighted by molar-refractivity contribution is -0.160. The van der Waals surface area contributed by atoms with Gasteiger partial charge in [-0.3, -0.25) is 9.59 Å². The molecule has 1 atom stereocenters. The van der Waals surface area contributed by atoms with Crippen molar-refractivity contribution >= 4 is 17.5 Å². The van der Waals surface area contributed by atoms with E-state index < -0.39 is 5.60 Å². The van der Waals surface area contributed by atoms with Crippen molar-refractivity contribution in [3.05, 3.63) is 29.3 Å². The van der Waals surface area contributed by atoms with Gasteiger partial charge in [-0.2, -0.15) is 0 Å². The van der Waals surface area contributed by atoms with Crippen LogP contribution in [0, 0.1) is 13.8 Å². The molecule has 6 nitrogen and oxygen atoms in total. The van der Waals surface area contributed by atoms with Gasteiger partial charge in [0, 0.05) is 45.3 Å². The Bertz CT molecular complexity index is 698. The quantitative estimate of drug-likeness (QED) is 0.865. The first-order chi connectivity index (χ1) is 12.3. The maximum atomic E-state index is 12.9. The number of hydrogen-bond acceptors (Lipinski definition) is 4. The summed E-state index contributed by atoms with van der Waals surface area (Å²) in [5.74, 6) is -0.320. The lowest BCUT2D eigenvalue weighted by Gasteiger charge is -2.43. The standard InChI is InChI=1S/C20H29N3O3/c1-15-5-6-16(2)18(13-15)21-9-11-22(12-10-21)19(25)20(26)7-4-8-23(14-20)17(3)24/h5-6,13,26H,4,7-12,14H2,1-3H3/t20-/m0/s1. The molecule has 0 aliphatic carbocycles. The molecule has 2 heterocycles. The highest BCUT2D eigenvalue weighted by atomic mass is 16.3. The first kappa shape index (κ1) is 18.7. The van der Waals surface area contributed by atoms with Gasteiger partial charge in [-0.1, -0.05) is 12.1 Å². The molecule has 6 heteroatoms. The Kier molecular flexibility index (Phi) is 5.23. The van der Waals surface area contributed by atoms with Crippen molar-refractivity contribution in [3.8, 4) is 0 Å². The van der Waals surface area contributed by atoms with Crippen LogP contribution in [0.2, 0.25) is 0 Å². The van der Waals surface area contributed by atoms with E-state index in [2.05, 4.69) is 36.9 Å². The normalized spacial score (nSPS) is 23.9. The van der Waals surface area contributed by atoms with Gasteiger partial charge in [0.2, 0.25) is 5.91 Å². The van der Waals surface area contributed by atoms with E-state index in [4.69, 9.17) is 0 Å². The van der Waals surface area contributed by atoms with Gasteiger partial charge in [-0.25, -0.2) is 0 Å². The summed E-state index contributed by atoms with van der Waals surface area (Å²) in [6.07, 6.45) is 1.08. The molecule has 26 heavy (non-hydrogen) atoms. The Labute approximate surface area is 155 Å². The van der Waals surface area contributed by atoms with Crippen molar-refractivity contribution in [2.45, 2.75) is 39.2 Å². The number of nitrogens with zero attached hydrogens (tertiary/aromatic N) is 3. The summed E-state index contributed by atoms with van der Waals surface area (Å²) in [6.45, 7) is 9.09. The maximum Gasteiger partial charge on any atom is 0.256 e. The number of likely N-dealkylation sites (tertiary alicyclic amines) is 1. The topological polar surface area (TPSA) is 64.1 Å². The van der Waals surface area contributed by atoms with Crippen molar-refractivity contribution in [2.24, 2.45) is 0 Å². The molecular weight excluding hydrogens is 330 g/mol. The molecule has 2 aliphatic rings. The number of piperidine rings is 1. The van der Waals surface area contributed by atoms with Crippen LogP contribution in [0.5, 0.6) is 0 Å². The molecule has 142 valence electrons. The maximum absolute atomic E-state index is 12.9. The lowest BCUT2D eigenvalue weighted by atomic mass is 9.91. The third-order valence-corrected chi connectivity index (χ3v) is 5.59. The number of carbonyl (C=O) groups is 2. The number of hydrogen-bond donors (Lipinski definition) is 1. The fourth-order valence-corrected chi connectivity index (χ4v) is 3.98. The van der Waals surface area contributed by atoms with E-state index in [0.29, 0.717) is 32.5 Å². The number of aliphatic hydroxyl groups is 1. The molecule has 0 unspecified atom stereocenters. The van der Waals surface area contributed by atoms with Crippen LogP contribution in [0.4, 0.5) is 5.69 Å². The minimum absolute atomic E-state index is 0.0873. The van der Waals surface area contributed by atoms with Gasteiger partial charge in [0.25, 0.3) is 5.91 Å². The van der Waals surface area contributed by atoms with Crippen molar-refractivity contribution < 1.29 is 14.7 Å². The van der Waals surface area contributed by atoms with Crippen molar-refractivity contribution in [2.75, 3.05) is 44.2 Å². The summed E-state index contributed by atoms with van der Waals surface area (Å²) in [5, 5.41) is 10.9. The molecule has 2 aliphatic heterocycles. The first-order valence-electron chi connectivity index (χ1n) is 9.40. The number of carbonyl (C=O) groups excluding carboxylic acids is 2. The average Bonchev–Trinajstić information content (AvgIpc) is 2.63. The predicted octanol–water partition coefficient (Wildman–Crippen LogP) is 1.33. The van der Waals surface area contributed by atoms with Crippen LogP contribution in [-0.4, -0.2) is 71.6 Å². The first-order valence-corrected chi connectivity index (χ1v) is 9.40. The zero-order valence-electron chi connectivity index (χ0n) is 16.0. The third kappa shape index (κ3) is 3.70. The summed E-state index contributed by atoms with van der Waals surface area (Å²) in [5.41, 5.74) is 2.24. The van der Waals surface area contributed by atoms with E-state index in [1.54, 1.807) is 9.80 Å². The Morgan fingerprint density at radius 2 is 1.73 bits per heavy atom. The second kappa shape index (κ2) is 7.27. The summed E-state index contributed by atoms with van der Waals surface area (Å²) in [7, 11) is 0. The number of benzene rings is 1. The van der Waals surface area contributed by atoms with E-state index >= 15 is 0 Å². The van der Waals surface area contributed by atoms with Gasteiger partial charge in [-0.15, -0.1) is 0 Å². The van der Waals surface area contributed by atoms with Gasteiger partial charge in [-0.05, 0) is 43.9 Å². The molecule has 0 saturated carbocycles. The van der Waals surface area contributed by atoms with Crippen LogP contribution in [0.3, 0.4) is 0 Å². The Hall–Kier alpha value is -2.08. The fraction of sp³-hybridized carbons (Fsp3) is 0.600. The molecule has 1 N–H and O–H groups in total. The summed E-state index contributed by atoms with van der Waals surface area (Å²) in [4.78, 5) is 30.2. The number of aryl methyl sites for hydroxylation is 2. The summed E-state index contributed by atoms with van der Waals surface area (Å²) in [6, 6.07) is 6.42. The predicted molar refractivity (Wildman–Crippen MR) is 101 cm³/mol. The molecule has 2 amide bonds. The monoisotopic (exact) mass is 359 g/mol. The molecule has 0 bridgehead atoms. The largest absolute Gasteiger partial charge is 0.378 e. The zero-order chi connectivity index (χ0) is 18.9. The smallest absolute Gasteiger partial charge is 0.256 e. The van der Waals surface area contributed by atoms with Crippen LogP contribution < -0.4 is 4.90 Å². The average molecular weight is 359 g/mol. The molecule has 0 spiro atoms. The number of piperazine rings is 1. The highest BCUT2D eigenvalue weighted by molar-refractivity contribution is 5.86. The van der Waals surface area contributed by atoms with E-state index in [9.17, 15) is 14.7 Å². The fourth-order valence-electron chi connectivity index (χ4n) is 3.98. The molecule has 1 aromatic rings. The Balaban J connectivity index is 1.65. The molecular formula is C20H29N3O3. The highest BCUT2D eigenvalue weighted by Gasteiger charge is 2.44. The number of anilines is 1. The molecule has 3 rings (SSSR count). The van der Waals surface area contributed by atoms with Crippen LogP contribution in [0.25, 0.3) is 0 Å². The van der Waals surface area contributed by atoms with Crippen LogP contribution in [0.1, 0.15) is 30.9 Å². The molecule has 0 radical (unpaired) electrons. The Morgan fingerprint density at radius 3 is 2.38 bits per heavy atom. The van der Waals surface area contributed by atoms with Crippen LogP contribution in [-0.2, 0) is 9.59 Å². The van der Waals surface area contributed by atoms with E-state index in [-0.39, 0.29) is 18.4 Å². The lowest BCUT2D eigenvalue weighted by Crippen LogP contribution is -2.61. The molecule has 0 aromatic heterocycles. The van der Waals surface area contributed by atoms with Gasteiger partial charge in [0.1, 0.15) is 0 Å². The van der Waals surface area contributed by atoms with E-state index in [1.165, 1.54) is 23.7 Å². The van der Waals surface area contributed by atoms with Gasteiger partial charge < -0.3 is 19.8 Å². The SMILES string of the molecule is CC(=O)N1CCC[C@@](O)(C(=O)N2CCN(c3cc(C)ccc3C)CC2)C1. The van der Waals surface area contributed by atoms with Crippen molar-refractivity contribution in [1.29, 1.82) is 0 Å². The van der Waals surface area contributed by atoms with Gasteiger partial charge in [0.15, 0.2) is 5.60 Å². The van der Waals surface area contributed by atoms with Crippen molar-refractivity contribution in [3.63, 3.8) is 0 Å². The molecule has 2 fully saturated rings. The number of amides is 2. The summed E-state index contributed by atoms with van der Waals surface area (Å²) < 4.78 is 0. The third-order valence-electron chi connectivity index (χ3n) is 5.59. The Morgan fingerprint density at radius 1 is 1.04 bits per heavy atom. The highest BCUT2D eigenvalue weighted by Crippen LogP contribution is 2.26. The van der Waals surface area contributed by atoms with Crippen LogP contribution in [0.15, 0.2) is 18.2 Å². The number of β-amino-alcohol motifs (C(OH)–C–C–N with tert-alkyl or cyclic N) is 1. The van der Waals surface area contributed by atoms with Crippen molar-refractivity contribution in [1.82, 2.24) is 9.80 Å². The summed E-state index contributed by atoms with van der Waals surface area (Å²) >= 11 is 0. The van der Waals surface area contributed by atoms with Gasteiger partial charge in [0.05, 0.1) is 6.54 Å². The van der Waals surface area contributed by atoms with E-state index in [1.807, 2.05) is 0 Å². The van der Waals surface area contributed by atoms with E-state index in [0.717, 1.165) is 13.1 Å².